The molecule has 1 saturated carbocycles. The van der Waals surface area contributed by atoms with Crippen LogP contribution >= 0.6 is 0 Å². The van der Waals surface area contributed by atoms with E-state index in [2.05, 4.69) is 46.4 Å². The molecule has 0 spiro atoms. The predicted molar refractivity (Wildman–Crippen MR) is 70.5 cm³/mol. The van der Waals surface area contributed by atoms with Crippen molar-refractivity contribution in [3.63, 3.8) is 0 Å². The van der Waals surface area contributed by atoms with Crippen molar-refractivity contribution in [2.45, 2.75) is 72.4 Å². The van der Waals surface area contributed by atoms with Crippen molar-refractivity contribution in [3.05, 3.63) is 0 Å². The van der Waals surface area contributed by atoms with Gasteiger partial charge in [-0.1, -0.05) is 20.8 Å². The van der Waals surface area contributed by atoms with E-state index in [9.17, 15) is 0 Å². The summed E-state index contributed by atoms with van der Waals surface area (Å²) >= 11 is 0. The van der Waals surface area contributed by atoms with Crippen LogP contribution in [0.4, 0.5) is 0 Å². The Morgan fingerprint density at radius 2 is 1.62 bits per heavy atom. The smallest absolute Gasteiger partial charge is 0.0134 e. The Bertz CT molecular complexity index is 256. The van der Waals surface area contributed by atoms with Crippen molar-refractivity contribution in [2.24, 2.45) is 17.3 Å². The van der Waals surface area contributed by atoms with Crippen molar-refractivity contribution in [1.29, 1.82) is 0 Å². The van der Waals surface area contributed by atoms with Crippen LogP contribution in [0.2, 0.25) is 0 Å². The molecular formula is C15H29N. The van der Waals surface area contributed by atoms with E-state index in [0.717, 1.165) is 17.9 Å². The van der Waals surface area contributed by atoms with Crippen molar-refractivity contribution < 1.29 is 0 Å². The average Bonchev–Trinajstić information content (AvgIpc) is 2.01. The van der Waals surface area contributed by atoms with E-state index >= 15 is 0 Å². The van der Waals surface area contributed by atoms with Gasteiger partial charge in [0.15, 0.2) is 0 Å². The molecule has 1 heterocycles. The van der Waals surface area contributed by atoms with E-state index in [-0.39, 0.29) is 0 Å². The average molecular weight is 223 g/mol. The molecule has 0 aromatic rings. The highest BCUT2D eigenvalue weighted by Gasteiger charge is 2.51. The molecule has 0 radical (unpaired) electrons. The zero-order chi connectivity index (χ0) is 12.1. The van der Waals surface area contributed by atoms with Gasteiger partial charge in [-0.05, 0) is 63.8 Å². The van der Waals surface area contributed by atoms with Gasteiger partial charge in [-0.25, -0.2) is 0 Å². The lowest BCUT2D eigenvalue weighted by Crippen LogP contribution is -2.63. The van der Waals surface area contributed by atoms with Gasteiger partial charge in [0.1, 0.15) is 0 Å². The lowest BCUT2D eigenvalue weighted by atomic mass is 9.55. The van der Waals surface area contributed by atoms with Crippen molar-refractivity contribution in [1.82, 2.24) is 4.90 Å². The highest BCUT2D eigenvalue weighted by atomic mass is 15.2. The van der Waals surface area contributed by atoms with E-state index in [4.69, 9.17) is 0 Å². The first-order valence-electron chi connectivity index (χ1n) is 6.98. The standard InChI is InChI=1S/C15H29N/c1-14(2,3)12-10-13-11(12)8-7-9-16(13)15(4,5)6/h11-13H,7-10H2,1-6H3. The fraction of sp³-hybridized carbons (Fsp3) is 1.00. The van der Waals surface area contributed by atoms with Gasteiger partial charge in [0.2, 0.25) is 0 Å². The number of rotatable bonds is 0. The summed E-state index contributed by atoms with van der Waals surface area (Å²) in [5.41, 5.74) is 0.883. The minimum atomic E-state index is 0.367. The summed E-state index contributed by atoms with van der Waals surface area (Å²) in [5.74, 6) is 1.94. The lowest BCUT2D eigenvalue weighted by Gasteiger charge is -2.60. The first-order valence-corrected chi connectivity index (χ1v) is 6.98. The van der Waals surface area contributed by atoms with Crippen LogP contribution in [0.5, 0.6) is 0 Å². The van der Waals surface area contributed by atoms with E-state index < -0.39 is 0 Å². The normalized spacial score (nSPS) is 36.8. The molecular weight excluding hydrogens is 194 g/mol. The van der Waals surface area contributed by atoms with E-state index in [1.54, 1.807) is 0 Å². The second-order valence-corrected chi connectivity index (χ2v) is 7.95. The van der Waals surface area contributed by atoms with Crippen LogP contribution in [-0.4, -0.2) is 23.0 Å². The monoisotopic (exact) mass is 223 g/mol. The Hall–Kier alpha value is -0.0400. The van der Waals surface area contributed by atoms with Crippen LogP contribution in [0, 0.1) is 17.3 Å². The number of nitrogens with zero attached hydrogens (tertiary/aromatic N) is 1. The largest absolute Gasteiger partial charge is 0.295 e. The van der Waals surface area contributed by atoms with Crippen LogP contribution in [-0.2, 0) is 0 Å². The van der Waals surface area contributed by atoms with Gasteiger partial charge in [0.25, 0.3) is 0 Å². The fourth-order valence-electron chi connectivity index (χ4n) is 3.93. The minimum Gasteiger partial charge on any atom is -0.295 e. The summed E-state index contributed by atoms with van der Waals surface area (Å²) in [6, 6.07) is 0.887. The molecule has 16 heavy (non-hydrogen) atoms. The molecule has 0 aromatic carbocycles. The van der Waals surface area contributed by atoms with Gasteiger partial charge in [0, 0.05) is 11.6 Å². The Morgan fingerprint density at radius 3 is 2.12 bits per heavy atom. The number of hydrogen-bond donors (Lipinski definition) is 0. The van der Waals surface area contributed by atoms with Gasteiger partial charge in [-0.2, -0.15) is 0 Å². The molecule has 2 aliphatic rings. The van der Waals surface area contributed by atoms with Crippen LogP contribution in [0.15, 0.2) is 0 Å². The maximum absolute atomic E-state index is 2.77. The van der Waals surface area contributed by atoms with Crippen molar-refractivity contribution >= 4 is 0 Å². The molecule has 1 heteroatoms. The molecule has 2 fully saturated rings. The fourth-order valence-corrected chi connectivity index (χ4v) is 3.93. The first kappa shape index (κ1) is 12.4. The van der Waals surface area contributed by atoms with Gasteiger partial charge in [-0.3, -0.25) is 4.90 Å². The summed E-state index contributed by atoms with van der Waals surface area (Å²) in [6.45, 7) is 15.7. The molecule has 0 bridgehead atoms. The van der Waals surface area contributed by atoms with E-state index in [1.165, 1.54) is 25.8 Å². The Balaban J connectivity index is 2.07. The van der Waals surface area contributed by atoms with Crippen LogP contribution in [0.25, 0.3) is 0 Å². The second kappa shape index (κ2) is 3.73. The zero-order valence-corrected chi connectivity index (χ0v) is 12.0. The van der Waals surface area contributed by atoms with Gasteiger partial charge >= 0.3 is 0 Å². The number of likely N-dealkylation sites (tertiary alicyclic amines) is 1. The van der Waals surface area contributed by atoms with Crippen molar-refractivity contribution in [2.75, 3.05) is 6.54 Å². The molecule has 3 atom stereocenters. The summed E-state index contributed by atoms with van der Waals surface area (Å²) in [7, 11) is 0. The molecule has 1 aliphatic heterocycles. The maximum Gasteiger partial charge on any atom is 0.0134 e. The molecule has 2 rings (SSSR count). The van der Waals surface area contributed by atoms with E-state index in [1.807, 2.05) is 0 Å². The summed E-state index contributed by atoms with van der Waals surface area (Å²) < 4.78 is 0. The molecule has 3 unspecified atom stereocenters. The molecule has 1 aliphatic carbocycles. The highest BCUT2D eigenvalue weighted by molar-refractivity contribution is 5.04. The highest BCUT2D eigenvalue weighted by Crippen LogP contribution is 2.53. The third-order valence-electron chi connectivity index (χ3n) is 4.82. The quantitative estimate of drug-likeness (QED) is 0.601. The second-order valence-electron chi connectivity index (χ2n) is 7.95. The van der Waals surface area contributed by atoms with E-state index in [0.29, 0.717) is 11.0 Å². The molecule has 0 N–H and O–H groups in total. The number of piperidine rings is 1. The first-order chi connectivity index (χ1) is 7.21. The number of fused-ring (bicyclic) bond motifs is 1. The lowest BCUT2D eigenvalue weighted by molar-refractivity contribution is -0.109. The molecule has 1 saturated heterocycles. The number of hydrogen-bond acceptors (Lipinski definition) is 1. The Morgan fingerprint density at radius 1 is 1.00 bits per heavy atom. The third-order valence-corrected chi connectivity index (χ3v) is 4.82. The Labute approximate surface area is 102 Å². The Kier molecular flexibility index (Phi) is 2.89. The molecule has 1 nitrogen and oxygen atoms in total. The van der Waals surface area contributed by atoms with Crippen LogP contribution in [0.3, 0.4) is 0 Å². The van der Waals surface area contributed by atoms with Gasteiger partial charge in [0.05, 0.1) is 0 Å². The summed E-state index contributed by atoms with van der Waals surface area (Å²) in [6.07, 6.45) is 4.32. The molecule has 0 amide bonds. The molecule has 94 valence electrons. The van der Waals surface area contributed by atoms with Crippen LogP contribution in [0.1, 0.15) is 60.8 Å². The SMILES string of the molecule is CC(C)(C)C1CC2C1CCCN2C(C)(C)C. The zero-order valence-electron chi connectivity index (χ0n) is 12.0. The third kappa shape index (κ3) is 2.03. The summed E-state index contributed by atoms with van der Waals surface area (Å²) in [5, 5.41) is 0. The van der Waals surface area contributed by atoms with Gasteiger partial charge in [-0.15, -0.1) is 0 Å². The summed E-state index contributed by atoms with van der Waals surface area (Å²) in [4.78, 5) is 2.77. The predicted octanol–water partition coefficient (Wildman–Crippen LogP) is 3.93. The van der Waals surface area contributed by atoms with Crippen LogP contribution < -0.4 is 0 Å². The maximum atomic E-state index is 2.77. The molecule has 0 aromatic heterocycles. The topological polar surface area (TPSA) is 3.24 Å². The minimum absolute atomic E-state index is 0.367. The van der Waals surface area contributed by atoms with Crippen molar-refractivity contribution in [3.8, 4) is 0 Å². The van der Waals surface area contributed by atoms with Gasteiger partial charge < -0.3 is 0 Å².